The van der Waals surface area contributed by atoms with Gasteiger partial charge in [-0.25, -0.2) is 4.99 Å². The molecule has 4 N–H and O–H groups in total. The fraction of sp³-hybridized carbons (Fsp3) is 0.265. The number of unbranched alkanes of at least 4 members (excludes halogenated alkanes) is 1. The van der Waals surface area contributed by atoms with Crippen LogP contribution in [0, 0.1) is 0 Å². The van der Waals surface area contributed by atoms with Crippen molar-refractivity contribution in [3.8, 4) is 16.9 Å². The first kappa shape index (κ1) is 31.0. The molecule has 0 bridgehead atoms. The molecule has 41 heavy (non-hydrogen) atoms. The molecule has 0 spiro atoms. The van der Waals surface area contributed by atoms with Crippen molar-refractivity contribution in [3.63, 3.8) is 0 Å². The van der Waals surface area contributed by atoms with E-state index in [-0.39, 0.29) is 5.84 Å². The van der Waals surface area contributed by atoms with Crippen LogP contribution in [0.4, 0.5) is 5.69 Å². The normalized spacial score (nSPS) is 13.4. The van der Waals surface area contributed by atoms with Crippen LogP contribution in [-0.4, -0.2) is 32.2 Å². The van der Waals surface area contributed by atoms with E-state index in [9.17, 15) is 4.79 Å². The van der Waals surface area contributed by atoms with Gasteiger partial charge in [0.05, 0.1) is 7.11 Å². The van der Waals surface area contributed by atoms with Gasteiger partial charge in [-0.15, -0.1) is 0 Å². The van der Waals surface area contributed by atoms with E-state index >= 15 is 0 Å². The maximum absolute atomic E-state index is 10.9. The number of hydrogen-bond donors (Lipinski definition) is 2. The zero-order valence-electron chi connectivity index (χ0n) is 24.6. The molecule has 4 rings (SSSR count). The molecule has 3 aromatic carbocycles. The lowest BCUT2D eigenvalue weighted by atomic mass is 9.93. The van der Waals surface area contributed by atoms with Crippen molar-refractivity contribution < 1.29 is 9.53 Å². The van der Waals surface area contributed by atoms with Crippen LogP contribution in [0.15, 0.2) is 106 Å². The second-order valence-electron chi connectivity index (χ2n) is 9.43. The highest BCUT2D eigenvalue weighted by molar-refractivity contribution is 6.06. The van der Waals surface area contributed by atoms with E-state index in [0.717, 1.165) is 83.0 Å². The molecule has 1 heterocycles. The van der Waals surface area contributed by atoms with Crippen molar-refractivity contribution in [1.29, 1.82) is 0 Å². The van der Waals surface area contributed by atoms with Crippen molar-refractivity contribution in [1.82, 2.24) is 0 Å². The second-order valence-corrected chi connectivity index (χ2v) is 9.43. The van der Waals surface area contributed by atoms with Gasteiger partial charge in [0.25, 0.3) is 0 Å². The van der Waals surface area contributed by atoms with Crippen LogP contribution < -0.4 is 21.1 Å². The van der Waals surface area contributed by atoms with Gasteiger partial charge in [0.1, 0.15) is 17.4 Å². The summed E-state index contributed by atoms with van der Waals surface area (Å²) in [5.74, 6) is 2.02. The highest BCUT2D eigenvalue weighted by Gasteiger charge is 2.26. The lowest BCUT2D eigenvalue weighted by Crippen LogP contribution is -2.34. The molecule has 0 unspecified atom stereocenters. The molecule has 1 amide bonds. The van der Waals surface area contributed by atoms with E-state index in [1.807, 2.05) is 36.4 Å². The first-order chi connectivity index (χ1) is 20.0. The summed E-state index contributed by atoms with van der Waals surface area (Å²) in [5.41, 5.74) is 18.7. The molecule has 1 aliphatic rings. The van der Waals surface area contributed by atoms with Crippen LogP contribution in [0.25, 0.3) is 11.1 Å². The first-order valence-electron chi connectivity index (χ1n) is 14.0. The zero-order valence-corrected chi connectivity index (χ0v) is 24.6. The molecule has 7 nitrogen and oxygen atoms in total. The first-order valence-corrected chi connectivity index (χ1v) is 14.0. The summed E-state index contributed by atoms with van der Waals surface area (Å²) in [4.78, 5) is 21.9. The average molecular weight is 552 g/mol. The van der Waals surface area contributed by atoms with Crippen LogP contribution in [0.2, 0.25) is 0 Å². The fourth-order valence-corrected chi connectivity index (χ4v) is 4.85. The number of amidine groups is 2. The van der Waals surface area contributed by atoms with Crippen LogP contribution in [-0.2, 0) is 11.2 Å². The number of ether oxygens (including phenoxy) is 1. The monoisotopic (exact) mass is 551 g/mol. The van der Waals surface area contributed by atoms with Crippen LogP contribution in [0.3, 0.4) is 0 Å². The average Bonchev–Trinajstić information content (AvgIpc) is 3.02. The van der Waals surface area contributed by atoms with Gasteiger partial charge in [-0.2, -0.15) is 4.99 Å². The predicted octanol–water partition coefficient (Wildman–Crippen LogP) is 6.63. The van der Waals surface area contributed by atoms with Gasteiger partial charge in [-0.05, 0) is 60.8 Å². The smallest absolute Gasteiger partial charge is 0.234 e. The third-order valence-electron chi connectivity index (χ3n) is 6.94. The number of amides is 1. The minimum absolute atomic E-state index is 0.206. The minimum Gasteiger partial charge on any atom is -0.497 e. The minimum atomic E-state index is 0.206. The Morgan fingerprint density at radius 2 is 1.71 bits per heavy atom. The lowest BCUT2D eigenvalue weighted by Gasteiger charge is -2.34. The zero-order chi connectivity index (χ0) is 29.8. The van der Waals surface area contributed by atoms with Crippen molar-refractivity contribution in [3.05, 3.63) is 107 Å². The molecule has 0 aliphatic carbocycles. The third-order valence-corrected chi connectivity index (χ3v) is 6.94. The number of nitrogens with two attached hydrogens (primary N) is 2. The summed E-state index contributed by atoms with van der Waals surface area (Å²) in [6.45, 7) is 8.90. The molecule has 7 heteroatoms. The number of nitrogens with zero attached hydrogens (tertiary/aromatic N) is 3. The van der Waals surface area contributed by atoms with Gasteiger partial charge < -0.3 is 16.2 Å². The van der Waals surface area contributed by atoms with E-state index in [1.54, 1.807) is 7.11 Å². The SMILES string of the molecule is C=C1C(Cc2ccc(-c3ccccc3C(N)=NC=O)cc2)=C(CCCC)N=C(CC)N1c1ccc(OC)cc1.CN. The molecule has 0 saturated carbocycles. The molecule has 0 radical (unpaired) electrons. The lowest BCUT2D eigenvalue weighted by molar-refractivity contribution is -0.106. The molecule has 1 aliphatic heterocycles. The number of benzene rings is 3. The number of carbonyl (C=O) groups excluding carboxylic acids is 1. The van der Waals surface area contributed by atoms with Gasteiger partial charge in [0.15, 0.2) is 0 Å². The van der Waals surface area contributed by atoms with Crippen LogP contribution in [0.5, 0.6) is 5.75 Å². The highest BCUT2D eigenvalue weighted by Crippen LogP contribution is 2.35. The Bertz CT molecular complexity index is 1420. The van der Waals surface area contributed by atoms with E-state index in [2.05, 4.69) is 72.5 Å². The topological polar surface area (TPSA) is 106 Å². The van der Waals surface area contributed by atoms with Gasteiger partial charge in [0, 0.05) is 41.1 Å². The van der Waals surface area contributed by atoms with E-state index in [4.69, 9.17) is 15.5 Å². The molecular formula is C34H41N5O2. The number of hydrogen-bond acceptors (Lipinski definition) is 5. The maximum Gasteiger partial charge on any atom is 0.234 e. The summed E-state index contributed by atoms with van der Waals surface area (Å²) in [7, 11) is 3.17. The Morgan fingerprint density at radius 3 is 2.32 bits per heavy atom. The Hall–Kier alpha value is -4.49. The summed E-state index contributed by atoms with van der Waals surface area (Å²) in [5, 5.41) is 0. The van der Waals surface area contributed by atoms with Gasteiger partial charge in [-0.3, -0.25) is 9.69 Å². The van der Waals surface area contributed by atoms with Crippen molar-refractivity contribution >= 4 is 23.8 Å². The molecule has 0 saturated heterocycles. The number of methoxy groups -OCH3 is 1. The quantitative estimate of drug-likeness (QED) is 0.158. The molecule has 214 valence electrons. The van der Waals surface area contributed by atoms with Crippen molar-refractivity contribution in [2.75, 3.05) is 19.1 Å². The summed E-state index contributed by atoms with van der Waals surface area (Å²) < 4.78 is 5.36. The molecule has 3 aromatic rings. The predicted molar refractivity (Wildman–Crippen MR) is 171 cm³/mol. The molecule has 0 fully saturated rings. The van der Waals surface area contributed by atoms with E-state index < -0.39 is 0 Å². The number of aliphatic imine (C=N–C) groups is 2. The van der Waals surface area contributed by atoms with Crippen molar-refractivity contribution in [2.24, 2.45) is 21.5 Å². The molecular weight excluding hydrogens is 510 g/mol. The van der Waals surface area contributed by atoms with Gasteiger partial charge in [0.2, 0.25) is 6.41 Å². The maximum atomic E-state index is 10.9. The van der Waals surface area contributed by atoms with E-state index in [0.29, 0.717) is 6.41 Å². The Morgan fingerprint density at radius 1 is 1.02 bits per heavy atom. The highest BCUT2D eigenvalue weighted by atomic mass is 16.5. The number of carbonyl (C=O) groups is 1. The van der Waals surface area contributed by atoms with E-state index in [1.165, 1.54) is 12.6 Å². The van der Waals surface area contributed by atoms with Gasteiger partial charge >= 0.3 is 0 Å². The Balaban J connectivity index is 0.00000226. The summed E-state index contributed by atoms with van der Waals surface area (Å²) in [6, 6.07) is 24.2. The van der Waals surface area contributed by atoms with Crippen molar-refractivity contribution in [2.45, 2.75) is 46.0 Å². The van der Waals surface area contributed by atoms with Gasteiger partial charge in [-0.1, -0.05) is 75.4 Å². The second kappa shape index (κ2) is 15.3. The summed E-state index contributed by atoms with van der Waals surface area (Å²) in [6.07, 6.45) is 5.10. The third kappa shape index (κ3) is 7.38. The number of allylic oxidation sites excluding steroid dienone is 2. The Kier molecular flexibility index (Phi) is 11.6. The number of rotatable bonds is 11. The Labute approximate surface area is 244 Å². The molecule has 0 atom stereocenters. The largest absolute Gasteiger partial charge is 0.497 e. The van der Waals surface area contributed by atoms with Crippen LogP contribution >= 0.6 is 0 Å². The molecule has 0 aromatic heterocycles. The number of anilines is 1. The van der Waals surface area contributed by atoms with Crippen LogP contribution in [0.1, 0.15) is 50.7 Å². The fourth-order valence-electron chi connectivity index (χ4n) is 4.85. The standard InChI is InChI=1S/C33H36N4O2.CH5N/c1-5-7-12-31-30(23(3)37(32(6-2)36-31)26-17-19-27(39-4)20-18-26)21-24-13-15-25(16-14-24)28-10-8-9-11-29(28)33(34)35-22-38;1-2/h8-11,13-20,22H,3,5-7,12,21H2,1-2,4H3,(H2,34,35,38);2H2,1H3. The summed E-state index contributed by atoms with van der Waals surface area (Å²) >= 11 is 0.